The molecule has 0 saturated carbocycles. The van der Waals surface area contributed by atoms with Gasteiger partial charge in [0.15, 0.2) is 5.78 Å². The second kappa shape index (κ2) is 4.63. The van der Waals surface area contributed by atoms with Crippen LogP contribution in [0.3, 0.4) is 0 Å². The van der Waals surface area contributed by atoms with E-state index in [1.807, 2.05) is 0 Å². The average Bonchev–Trinajstić information content (AvgIpc) is 2.26. The molecule has 0 radical (unpaired) electrons. The molecule has 0 aliphatic carbocycles. The van der Waals surface area contributed by atoms with Crippen LogP contribution in [-0.2, 0) is 6.18 Å². The van der Waals surface area contributed by atoms with E-state index in [0.717, 1.165) is 24.3 Å². The minimum absolute atomic E-state index is 0.00551. The number of hydrogen-bond acceptors (Lipinski definition) is 3. The lowest BCUT2D eigenvalue weighted by Crippen LogP contribution is -2.29. The molecule has 1 unspecified atom stereocenters. The number of carbonyl (C=O) groups is 1. The fraction of sp³-hybridized carbons (Fsp3) is 0.300. The van der Waals surface area contributed by atoms with E-state index in [4.69, 9.17) is 10.8 Å². The molecule has 0 fully saturated rings. The lowest BCUT2D eigenvalue weighted by Gasteiger charge is -2.09. The van der Waals surface area contributed by atoms with Gasteiger partial charge in [-0.25, -0.2) is 0 Å². The molecule has 0 aliphatic rings. The van der Waals surface area contributed by atoms with Gasteiger partial charge < -0.3 is 10.8 Å². The minimum atomic E-state index is -4.44. The van der Waals surface area contributed by atoms with Crippen LogP contribution in [0.4, 0.5) is 13.2 Å². The molecule has 6 heteroatoms. The number of alkyl halides is 3. The van der Waals surface area contributed by atoms with Crippen molar-refractivity contribution in [2.24, 2.45) is 5.73 Å². The van der Waals surface area contributed by atoms with E-state index in [9.17, 15) is 18.0 Å². The zero-order chi connectivity index (χ0) is 12.3. The molecule has 0 bridgehead atoms. The molecule has 1 atom stereocenters. The van der Waals surface area contributed by atoms with Gasteiger partial charge in [0.05, 0.1) is 5.56 Å². The molecule has 0 aliphatic heterocycles. The van der Waals surface area contributed by atoms with Crippen LogP contribution in [0.25, 0.3) is 0 Å². The fourth-order valence-electron chi connectivity index (χ4n) is 1.12. The minimum Gasteiger partial charge on any atom is -0.384 e. The van der Waals surface area contributed by atoms with E-state index in [1.165, 1.54) is 0 Å². The van der Waals surface area contributed by atoms with Gasteiger partial charge in [-0.2, -0.15) is 13.2 Å². The molecule has 0 heterocycles. The Labute approximate surface area is 89.7 Å². The van der Waals surface area contributed by atoms with Crippen LogP contribution in [0.1, 0.15) is 15.9 Å². The Balaban J connectivity index is 2.91. The first-order valence-electron chi connectivity index (χ1n) is 4.46. The van der Waals surface area contributed by atoms with Gasteiger partial charge in [-0.3, -0.25) is 4.79 Å². The Morgan fingerprint density at radius 2 is 1.81 bits per heavy atom. The molecule has 88 valence electrons. The Morgan fingerprint density at radius 3 is 2.19 bits per heavy atom. The van der Waals surface area contributed by atoms with Crippen LogP contribution in [0, 0.1) is 0 Å². The molecule has 3 nitrogen and oxygen atoms in total. The van der Waals surface area contributed by atoms with Crippen LogP contribution in [-0.4, -0.2) is 23.5 Å². The standard InChI is InChI=1S/C10H10F3NO2/c11-10(12,13)7-3-1-6(2-4-7)9(16)8(15)5-14/h1-4,8,15H,5,14H2. The molecule has 0 spiro atoms. The summed E-state index contributed by atoms with van der Waals surface area (Å²) >= 11 is 0. The van der Waals surface area contributed by atoms with Crippen molar-refractivity contribution in [3.05, 3.63) is 35.4 Å². The number of Topliss-reactive ketones (excluding diaryl/α,β-unsaturated/α-hetero) is 1. The van der Waals surface area contributed by atoms with Gasteiger partial charge in [-0.15, -0.1) is 0 Å². The monoisotopic (exact) mass is 233 g/mol. The van der Waals surface area contributed by atoms with Gasteiger partial charge in [-0.05, 0) is 12.1 Å². The largest absolute Gasteiger partial charge is 0.416 e. The summed E-state index contributed by atoms with van der Waals surface area (Å²) in [5, 5.41) is 9.11. The van der Waals surface area contributed by atoms with Crippen LogP contribution in [0.5, 0.6) is 0 Å². The first-order chi connectivity index (χ1) is 7.36. The first kappa shape index (κ1) is 12.7. The number of ketones is 1. The third kappa shape index (κ3) is 2.80. The van der Waals surface area contributed by atoms with Crippen molar-refractivity contribution in [3.63, 3.8) is 0 Å². The molecule has 0 amide bonds. The summed E-state index contributed by atoms with van der Waals surface area (Å²) < 4.78 is 36.6. The lowest BCUT2D eigenvalue weighted by molar-refractivity contribution is -0.137. The Hall–Kier alpha value is -1.40. The molecule has 1 aromatic rings. The van der Waals surface area contributed by atoms with Gasteiger partial charge in [0, 0.05) is 12.1 Å². The summed E-state index contributed by atoms with van der Waals surface area (Å²) in [5.74, 6) is -0.684. The van der Waals surface area contributed by atoms with Gasteiger partial charge in [0.25, 0.3) is 0 Å². The quantitative estimate of drug-likeness (QED) is 0.771. The Morgan fingerprint density at radius 1 is 1.31 bits per heavy atom. The van der Waals surface area contributed by atoms with Crippen molar-refractivity contribution in [3.8, 4) is 0 Å². The fourth-order valence-corrected chi connectivity index (χ4v) is 1.12. The van der Waals surface area contributed by atoms with Crippen molar-refractivity contribution in [1.82, 2.24) is 0 Å². The lowest BCUT2D eigenvalue weighted by atomic mass is 10.0. The van der Waals surface area contributed by atoms with Crippen molar-refractivity contribution < 1.29 is 23.1 Å². The number of benzene rings is 1. The Bertz CT molecular complexity index is 373. The summed E-state index contributed by atoms with van der Waals surface area (Å²) in [7, 11) is 0. The van der Waals surface area contributed by atoms with Gasteiger partial charge >= 0.3 is 6.18 Å². The van der Waals surface area contributed by atoms with Crippen LogP contribution < -0.4 is 5.73 Å². The SMILES string of the molecule is NCC(O)C(=O)c1ccc(C(F)(F)F)cc1. The first-order valence-corrected chi connectivity index (χ1v) is 4.46. The molecule has 3 N–H and O–H groups in total. The zero-order valence-electron chi connectivity index (χ0n) is 8.16. The maximum atomic E-state index is 12.2. The second-order valence-corrected chi connectivity index (χ2v) is 3.19. The normalized spacial score (nSPS) is 13.6. The van der Waals surface area contributed by atoms with Crippen molar-refractivity contribution in [1.29, 1.82) is 0 Å². The molecule has 1 aromatic carbocycles. The number of hydrogen-bond donors (Lipinski definition) is 2. The topological polar surface area (TPSA) is 63.3 Å². The second-order valence-electron chi connectivity index (χ2n) is 3.19. The van der Waals surface area contributed by atoms with Gasteiger partial charge in [0.1, 0.15) is 6.10 Å². The van der Waals surface area contributed by atoms with E-state index >= 15 is 0 Å². The highest BCUT2D eigenvalue weighted by Gasteiger charge is 2.30. The van der Waals surface area contributed by atoms with E-state index in [2.05, 4.69) is 0 Å². The van der Waals surface area contributed by atoms with Crippen LogP contribution in [0.15, 0.2) is 24.3 Å². The number of aliphatic hydroxyl groups excluding tert-OH is 1. The smallest absolute Gasteiger partial charge is 0.384 e. The average molecular weight is 233 g/mol. The molecule has 0 saturated heterocycles. The van der Waals surface area contributed by atoms with Crippen molar-refractivity contribution >= 4 is 5.78 Å². The van der Waals surface area contributed by atoms with Crippen LogP contribution >= 0.6 is 0 Å². The highest BCUT2D eigenvalue weighted by Crippen LogP contribution is 2.29. The number of aliphatic hydroxyl groups is 1. The van der Waals surface area contributed by atoms with E-state index in [-0.39, 0.29) is 12.1 Å². The number of nitrogens with two attached hydrogens (primary N) is 1. The van der Waals surface area contributed by atoms with Gasteiger partial charge in [-0.1, -0.05) is 12.1 Å². The van der Waals surface area contributed by atoms with Gasteiger partial charge in [0.2, 0.25) is 0 Å². The molecule has 16 heavy (non-hydrogen) atoms. The van der Waals surface area contributed by atoms with Crippen molar-refractivity contribution in [2.75, 3.05) is 6.54 Å². The summed E-state index contributed by atoms with van der Waals surface area (Å²) in [5.41, 5.74) is 4.22. The summed E-state index contributed by atoms with van der Waals surface area (Å²) in [4.78, 5) is 11.3. The summed E-state index contributed by atoms with van der Waals surface area (Å²) in [6.07, 6.45) is -5.81. The summed E-state index contributed by atoms with van der Waals surface area (Å²) in [6.45, 7) is -0.264. The number of rotatable bonds is 3. The van der Waals surface area contributed by atoms with E-state index < -0.39 is 23.6 Å². The predicted molar refractivity (Wildman–Crippen MR) is 50.8 cm³/mol. The van der Waals surface area contributed by atoms with Crippen LogP contribution in [0.2, 0.25) is 0 Å². The molecule has 1 rings (SSSR count). The Kier molecular flexibility index (Phi) is 3.66. The van der Waals surface area contributed by atoms with E-state index in [1.54, 1.807) is 0 Å². The summed E-state index contributed by atoms with van der Waals surface area (Å²) in [6, 6.07) is 3.61. The molecular formula is C10H10F3NO2. The maximum absolute atomic E-state index is 12.2. The predicted octanol–water partition coefficient (Wildman–Crippen LogP) is 1.21. The third-order valence-electron chi connectivity index (χ3n) is 2.02. The maximum Gasteiger partial charge on any atom is 0.416 e. The molecule has 0 aromatic heterocycles. The highest BCUT2D eigenvalue weighted by molar-refractivity contribution is 5.99. The molecular weight excluding hydrogens is 223 g/mol. The van der Waals surface area contributed by atoms with E-state index in [0.29, 0.717) is 0 Å². The van der Waals surface area contributed by atoms with Crippen molar-refractivity contribution in [2.45, 2.75) is 12.3 Å². The number of halogens is 3. The number of carbonyl (C=O) groups excluding carboxylic acids is 1. The third-order valence-corrected chi connectivity index (χ3v) is 2.02. The zero-order valence-corrected chi connectivity index (χ0v) is 8.16. The highest BCUT2D eigenvalue weighted by atomic mass is 19.4.